The second-order valence-electron chi connectivity index (χ2n) is 5.22. The van der Waals surface area contributed by atoms with Crippen LogP contribution in [0.4, 0.5) is 5.69 Å². The maximum absolute atomic E-state index is 11.1. The smallest absolute Gasteiger partial charge is 0.293 e. The number of pyridine rings is 1. The zero-order chi connectivity index (χ0) is 14.5. The Bertz CT molecular complexity index is 412. The molecule has 6 nitrogen and oxygen atoms in total. The predicted molar refractivity (Wildman–Crippen MR) is 72.5 cm³/mol. The van der Waals surface area contributed by atoms with Crippen molar-refractivity contribution in [1.82, 2.24) is 10.5 Å². The second kappa shape index (κ2) is 6.49. The Kier molecular flexibility index (Phi) is 5.26. The molecule has 0 spiro atoms. The highest BCUT2D eigenvalue weighted by Gasteiger charge is 2.11. The summed E-state index contributed by atoms with van der Waals surface area (Å²) in [5.74, 6) is -0.620. The maximum atomic E-state index is 11.1. The number of aromatic nitrogens is 1. The van der Waals surface area contributed by atoms with Gasteiger partial charge in [0.25, 0.3) is 5.91 Å². The number of hydrogen-bond acceptors (Lipinski definition) is 5. The largest absolute Gasteiger partial charge is 0.374 e. The molecule has 0 bridgehead atoms. The number of hydrogen-bond donors (Lipinski definition) is 2. The quantitative estimate of drug-likeness (QED) is 0.624. The van der Waals surface area contributed by atoms with Crippen molar-refractivity contribution in [1.29, 1.82) is 0 Å². The summed E-state index contributed by atoms with van der Waals surface area (Å²) in [6.07, 6.45) is 1.58. The highest BCUT2D eigenvalue weighted by Crippen LogP contribution is 2.12. The van der Waals surface area contributed by atoms with Gasteiger partial charge in [0.15, 0.2) is 0 Å². The fraction of sp³-hybridized carbons (Fsp3) is 0.538. The Hall–Kier alpha value is -1.66. The van der Waals surface area contributed by atoms with E-state index >= 15 is 0 Å². The number of carbonyl (C=O) groups excluding carboxylic acids is 1. The molecule has 0 unspecified atom stereocenters. The minimum Gasteiger partial charge on any atom is -0.374 e. The molecule has 0 aliphatic rings. The summed E-state index contributed by atoms with van der Waals surface area (Å²) in [6, 6.07) is 3.33. The van der Waals surface area contributed by atoms with E-state index in [4.69, 9.17) is 9.94 Å². The van der Waals surface area contributed by atoms with Crippen LogP contribution >= 0.6 is 0 Å². The van der Waals surface area contributed by atoms with Crippen molar-refractivity contribution >= 4 is 11.6 Å². The van der Waals surface area contributed by atoms with Crippen LogP contribution in [0.25, 0.3) is 0 Å². The first-order valence-electron chi connectivity index (χ1n) is 6.09. The Morgan fingerprint density at radius 3 is 2.63 bits per heavy atom. The highest BCUT2D eigenvalue weighted by molar-refractivity contribution is 5.91. The molecule has 0 radical (unpaired) electrons. The summed E-state index contributed by atoms with van der Waals surface area (Å²) < 4.78 is 5.64. The average Bonchev–Trinajstić information content (AvgIpc) is 2.36. The molecule has 106 valence electrons. The predicted octanol–water partition coefficient (Wildman–Crippen LogP) is 1.45. The first kappa shape index (κ1) is 15.4. The second-order valence-corrected chi connectivity index (χ2v) is 5.22. The van der Waals surface area contributed by atoms with Gasteiger partial charge in [0.05, 0.1) is 24.1 Å². The van der Waals surface area contributed by atoms with Crippen molar-refractivity contribution in [3.63, 3.8) is 0 Å². The van der Waals surface area contributed by atoms with Gasteiger partial charge in [-0.05, 0) is 32.9 Å². The number of ether oxygens (including phenoxy) is 1. The Balaban J connectivity index is 2.53. The lowest BCUT2D eigenvalue weighted by Gasteiger charge is -2.23. The number of anilines is 1. The zero-order valence-electron chi connectivity index (χ0n) is 11.8. The molecular weight excluding hydrogens is 246 g/mol. The third-order valence-electron chi connectivity index (χ3n) is 2.48. The Labute approximate surface area is 113 Å². The number of nitrogens with one attached hydrogen (secondary N) is 1. The Morgan fingerprint density at radius 2 is 2.16 bits per heavy atom. The summed E-state index contributed by atoms with van der Waals surface area (Å²) in [7, 11) is 1.93. The van der Waals surface area contributed by atoms with E-state index in [9.17, 15) is 4.79 Å². The molecule has 0 aliphatic heterocycles. The monoisotopic (exact) mass is 267 g/mol. The first-order valence-corrected chi connectivity index (χ1v) is 6.09. The third-order valence-corrected chi connectivity index (χ3v) is 2.48. The molecule has 1 rings (SSSR count). The fourth-order valence-corrected chi connectivity index (χ4v) is 1.42. The van der Waals surface area contributed by atoms with E-state index in [0.29, 0.717) is 6.61 Å². The summed E-state index contributed by atoms with van der Waals surface area (Å²) in [5.41, 5.74) is 2.45. The van der Waals surface area contributed by atoms with Gasteiger partial charge in [-0.3, -0.25) is 10.0 Å². The van der Waals surface area contributed by atoms with Crippen LogP contribution in [0.3, 0.4) is 0 Å². The van der Waals surface area contributed by atoms with Crippen LogP contribution in [0.1, 0.15) is 31.3 Å². The molecule has 0 atom stereocenters. The number of amides is 1. The minimum atomic E-state index is -0.620. The van der Waals surface area contributed by atoms with Gasteiger partial charge in [-0.2, -0.15) is 0 Å². The topological polar surface area (TPSA) is 74.7 Å². The van der Waals surface area contributed by atoms with Gasteiger partial charge in [-0.15, -0.1) is 0 Å². The van der Waals surface area contributed by atoms with Gasteiger partial charge in [-0.1, -0.05) is 0 Å². The van der Waals surface area contributed by atoms with Crippen LogP contribution in [0.5, 0.6) is 0 Å². The standard InChI is InChI=1S/C13H21N3O3/c1-13(2,3)19-8-7-16(4)10-5-6-11(14-9-10)12(17)15-18/h5-6,9,18H,7-8H2,1-4H3,(H,15,17). The van der Waals surface area contributed by atoms with Crippen molar-refractivity contribution in [3.8, 4) is 0 Å². The molecule has 6 heteroatoms. The third kappa shape index (κ3) is 5.23. The van der Waals surface area contributed by atoms with Gasteiger partial charge in [0, 0.05) is 13.6 Å². The summed E-state index contributed by atoms with van der Waals surface area (Å²) in [5, 5.41) is 8.49. The molecular formula is C13H21N3O3. The van der Waals surface area contributed by atoms with Crippen LogP contribution in [0.15, 0.2) is 18.3 Å². The van der Waals surface area contributed by atoms with E-state index in [1.54, 1.807) is 23.8 Å². The van der Waals surface area contributed by atoms with Gasteiger partial charge >= 0.3 is 0 Å². The lowest BCUT2D eigenvalue weighted by Crippen LogP contribution is -2.28. The summed E-state index contributed by atoms with van der Waals surface area (Å²) in [4.78, 5) is 17.1. The number of carbonyl (C=O) groups is 1. The van der Waals surface area contributed by atoms with E-state index in [0.717, 1.165) is 12.2 Å². The zero-order valence-corrected chi connectivity index (χ0v) is 11.8. The lowest BCUT2D eigenvalue weighted by molar-refractivity contribution is 0.00168. The number of likely N-dealkylation sites (N-methyl/N-ethyl adjacent to an activating group) is 1. The normalized spacial score (nSPS) is 11.2. The van der Waals surface area contributed by atoms with Crippen LogP contribution in [-0.4, -0.2) is 41.9 Å². The van der Waals surface area contributed by atoms with E-state index in [1.807, 2.05) is 32.7 Å². The summed E-state index contributed by atoms with van der Waals surface area (Å²) in [6.45, 7) is 7.37. The van der Waals surface area contributed by atoms with Crippen molar-refractivity contribution in [2.45, 2.75) is 26.4 Å². The van der Waals surface area contributed by atoms with Gasteiger partial charge in [0.1, 0.15) is 5.69 Å². The number of nitrogens with zero attached hydrogens (tertiary/aromatic N) is 2. The average molecular weight is 267 g/mol. The van der Waals surface area contributed by atoms with Crippen LogP contribution in [0, 0.1) is 0 Å². The van der Waals surface area contributed by atoms with E-state index < -0.39 is 5.91 Å². The van der Waals surface area contributed by atoms with Gasteiger partial charge < -0.3 is 9.64 Å². The van der Waals surface area contributed by atoms with Crippen molar-refractivity contribution in [3.05, 3.63) is 24.0 Å². The SMILES string of the molecule is CN(CCOC(C)(C)C)c1ccc(C(=O)NO)nc1. The van der Waals surface area contributed by atoms with E-state index in [2.05, 4.69) is 4.98 Å². The molecule has 1 heterocycles. The summed E-state index contributed by atoms with van der Waals surface area (Å²) >= 11 is 0. The van der Waals surface area contributed by atoms with Crippen molar-refractivity contribution in [2.75, 3.05) is 25.1 Å². The number of rotatable bonds is 5. The Morgan fingerprint density at radius 1 is 1.47 bits per heavy atom. The molecule has 1 amide bonds. The van der Waals surface area contributed by atoms with Crippen molar-refractivity contribution < 1.29 is 14.7 Å². The van der Waals surface area contributed by atoms with Crippen LogP contribution < -0.4 is 10.4 Å². The highest BCUT2D eigenvalue weighted by atomic mass is 16.5. The molecule has 0 aliphatic carbocycles. The van der Waals surface area contributed by atoms with Gasteiger partial charge in [0.2, 0.25) is 0 Å². The van der Waals surface area contributed by atoms with Crippen LogP contribution in [0.2, 0.25) is 0 Å². The molecule has 0 saturated heterocycles. The first-order chi connectivity index (χ1) is 8.83. The van der Waals surface area contributed by atoms with Crippen LogP contribution in [-0.2, 0) is 4.74 Å². The minimum absolute atomic E-state index is 0.151. The van der Waals surface area contributed by atoms with E-state index in [-0.39, 0.29) is 11.3 Å². The lowest BCUT2D eigenvalue weighted by atomic mass is 10.2. The molecule has 2 N–H and O–H groups in total. The van der Waals surface area contributed by atoms with E-state index in [1.165, 1.54) is 0 Å². The molecule has 1 aromatic rings. The fourth-order valence-electron chi connectivity index (χ4n) is 1.42. The molecule has 1 aromatic heterocycles. The molecule has 0 aromatic carbocycles. The van der Waals surface area contributed by atoms with Crippen molar-refractivity contribution in [2.24, 2.45) is 0 Å². The maximum Gasteiger partial charge on any atom is 0.293 e. The number of hydroxylamine groups is 1. The molecule has 0 fully saturated rings. The molecule has 0 saturated carbocycles. The molecule has 19 heavy (non-hydrogen) atoms. The van der Waals surface area contributed by atoms with Gasteiger partial charge in [-0.25, -0.2) is 10.5 Å².